The van der Waals surface area contributed by atoms with Crippen LogP contribution in [0.4, 0.5) is 8.78 Å². The van der Waals surface area contributed by atoms with Crippen molar-refractivity contribution in [3.8, 4) is 6.07 Å². The average Bonchev–Trinajstić information content (AvgIpc) is 2.04. The number of nitrogens with zero attached hydrogens (tertiary/aromatic N) is 2. The minimum absolute atomic E-state index is 0.172. The molecular formula is C7H3ClF2N2. The molecule has 0 saturated heterocycles. The second-order valence-electron chi connectivity index (χ2n) is 1.98. The lowest BCUT2D eigenvalue weighted by Gasteiger charge is -2.01. The summed E-state index contributed by atoms with van der Waals surface area (Å²) >= 11 is 5.44. The lowest BCUT2D eigenvalue weighted by Crippen LogP contribution is -1.91. The Morgan fingerprint density at radius 3 is 2.75 bits per heavy atom. The average molecular weight is 189 g/mol. The largest absolute Gasteiger partial charge is 0.265 e. The zero-order chi connectivity index (χ0) is 9.14. The topological polar surface area (TPSA) is 36.7 Å². The summed E-state index contributed by atoms with van der Waals surface area (Å²) in [6, 6.07) is 2.71. The molecule has 0 aliphatic rings. The van der Waals surface area contributed by atoms with Gasteiger partial charge < -0.3 is 0 Å². The summed E-state index contributed by atoms with van der Waals surface area (Å²) in [5.41, 5.74) is -0.530. The van der Waals surface area contributed by atoms with E-state index in [2.05, 4.69) is 4.98 Å². The highest BCUT2D eigenvalue weighted by molar-refractivity contribution is 6.32. The predicted molar refractivity (Wildman–Crippen MR) is 38.9 cm³/mol. The Morgan fingerprint density at radius 1 is 1.58 bits per heavy atom. The van der Waals surface area contributed by atoms with Crippen molar-refractivity contribution in [2.24, 2.45) is 0 Å². The van der Waals surface area contributed by atoms with E-state index in [1.807, 2.05) is 0 Å². The van der Waals surface area contributed by atoms with Gasteiger partial charge in [-0.1, -0.05) is 11.6 Å². The van der Waals surface area contributed by atoms with Crippen molar-refractivity contribution in [2.45, 2.75) is 6.43 Å². The van der Waals surface area contributed by atoms with Crippen molar-refractivity contribution >= 4 is 11.6 Å². The SMILES string of the molecule is N#Cc1nccc(C(F)F)c1Cl. The van der Waals surface area contributed by atoms with Crippen LogP contribution in [0.15, 0.2) is 12.3 Å². The first-order valence-electron chi connectivity index (χ1n) is 2.99. The predicted octanol–water partition coefficient (Wildman–Crippen LogP) is 2.54. The lowest BCUT2D eigenvalue weighted by molar-refractivity contribution is 0.151. The second-order valence-corrected chi connectivity index (χ2v) is 2.35. The summed E-state index contributed by atoms with van der Waals surface area (Å²) in [7, 11) is 0. The van der Waals surface area contributed by atoms with Crippen molar-refractivity contribution in [3.05, 3.63) is 28.5 Å². The molecule has 5 heteroatoms. The van der Waals surface area contributed by atoms with Crippen LogP contribution < -0.4 is 0 Å². The van der Waals surface area contributed by atoms with Crippen LogP contribution in [-0.4, -0.2) is 4.98 Å². The molecule has 0 radical (unpaired) electrons. The Kier molecular flexibility index (Phi) is 2.56. The zero-order valence-corrected chi connectivity index (χ0v) is 6.52. The van der Waals surface area contributed by atoms with E-state index in [-0.39, 0.29) is 16.3 Å². The maximum atomic E-state index is 12.1. The molecule has 0 unspecified atom stereocenters. The molecule has 1 aromatic heterocycles. The molecule has 0 saturated carbocycles. The fourth-order valence-electron chi connectivity index (χ4n) is 0.705. The molecule has 0 atom stereocenters. The number of nitriles is 1. The molecule has 0 bridgehead atoms. The highest BCUT2D eigenvalue weighted by Gasteiger charge is 2.14. The molecule has 1 aromatic rings. The van der Waals surface area contributed by atoms with E-state index in [1.54, 1.807) is 6.07 Å². The third-order valence-corrected chi connectivity index (χ3v) is 1.66. The standard InChI is InChI=1S/C7H3ClF2N2/c8-6-4(7(9)10)1-2-12-5(6)3-11/h1-2,7H. The van der Waals surface area contributed by atoms with Gasteiger partial charge in [-0.15, -0.1) is 0 Å². The summed E-state index contributed by atoms with van der Waals surface area (Å²) in [5.74, 6) is 0. The van der Waals surface area contributed by atoms with Crippen LogP contribution in [0.5, 0.6) is 0 Å². The molecule has 12 heavy (non-hydrogen) atoms. The van der Waals surface area contributed by atoms with Gasteiger partial charge in [0.1, 0.15) is 6.07 Å². The Morgan fingerprint density at radius 2 is 2.25 bits per heavy atom. The van der Waals surface area contributed by atoms with E-state index < -0.39 is 6.43 Å². The van der Waals surface area contributed by atoms with E-state index in [0.29, 0.717) is 0 Å². The first kappa shape index (κ1) is 8.88. The number of halogens is 3. The van der Waals surface area contributed by atoms with Gasteiger partial charge in [-0.25, -0.2) is 13.8 Å². The van der Waals surface area contributed by atoms with Gasteiger partial charge in [0.05, 0.1) is 5.02 Å². The van der Waals surface area contributed by atoms with E-state index >= 15 is 0 Å². The van der Waals surface area contributed by atoms with Crippen molar-refractivity contribution in [1.82, 2.24) is 4.98 Å². The van der Waals surface area contributed by atoms with E-state index in [0.717, 1.165) is 12.3 Å². The molecule has 1 heterocycles. The second kappa shape index (κ2) is 3.46. The summed E-state index contributed by atoms with van der Waals surface area (Å²) in [5, 5.41) is 8.11. The molecule has 0 fully saturated rings. The third-order valence-electron chi connectivity index (χ3n) is 1.26. The monoisotopic (exact) mass is 188 g/mol. The molecule has 0 aliphatic carbocycles. The highest BCUT2D eigenvalue weighted by atomic mass is 35.5. The van der Waals surface area contributed by atoms with Crippen molar-refractivity contribution < 1.29 is 8.78 Å². The maximum absolute atomic E-state index is 12.1. The molecular weight excluding hydrogens is 186 g/mol. The molecule has 0 amide bonds. The minimum atomic E-state index is -2.67. The molecule has 0 aromatic carbocycles. The number of pyridine rings is 1. The van der Waals surface area contributed by atoms with Gasteiger partial charge in [0.15, 0.2) is 5.69 Å². The van der Waals surface area contributed by atoms with Crippen LogP contribution in [0.3, 0.4) is 0 Å². The van der Waals surface area contributed by atoms with E-state index in [4.69, 9.17) is 16.9 Å². The molecule has 0 aliphatic heterocycles. The van der Waals surface area contributed by atoms with Crippen molar-refractivity contribution in [1.29, 1.82) is 5.26 Å². The normalized spacial score (nSPS) is 9.92. The Balaban J connectivity index is 3.25. The van der Waals surface area contributed by atoms with E-state index in [9.17, 15) is 8.78 Å². The fraction of sp³-hybridized carbons (Fsp3) is 0.143. The maximum Gasteiger partial charge on any atom is 0.265 e. The quantitative estimate of drug-likeness (QED) is 0.679. The Labute approximate surface area is 72.4 Å². The first-order chi connectivity index (χ1) is 5.66. The van der Waals surface area contributed by atoms with Gasteiger partial charge >= 0.3 is 0 Å². The zero-order valence-electron chi connectivity index (χ0n) is 5.76. The fourth-order valence-corrected chi connectivity index (χ4v) is 0.942. The Bertz CT molecular complexity index is 333. The molecule has 0 N–H and O–H groups in total. The van der Waals surface area contributed by atoms with Gasteiger partial charge in [-0.2, -0.15) is 5.26 Å². The number of alkyl halides is 2. The summed E-state index contributed by atoms with van der Waals surface area (Å²) < 4.78 is 24.2. The lowest BCUT2D eigenvalue weighted by atomic mass is 10.2. The molecule has 0 spiro atoms. The molecule has 2 nitrogen and oxygen atoms in total. The summed E-state index contributed by atoms with van der Waals surface area (Å²) in [4.78, 5) is 3.51. The molecule has 62 valence electrons. The number of rotatable bonds is 1. The van der Waals surface area contributed by atoms with Gasteiger partial charge in [0, 0.05) is 11.8 Å². The van der Waals surface area contributed by atoms with Gasteiger partial charge in [-0.05, 0) is 6.07 Å². The van der Waals surface area contributed by atoms with Gasteiger partial charge in [0.2, 0.25) is 0 Å². The van der Waals surface area contributed by atoms with E-state index in [1.165, 1.54) is 0 Å². The van der Waals surface area contributed by atoms with Crippen LogP contribution >= 0.6 is 11.6 Å². The van der Waals surface area contributed by atoms with Gasteiger partial charge in [-0.3, -0.25) is 0 Å². The molecule has 1 rings (SSSR count). The summed E-state index contributed by atoms with van der Waals surface area (Å²) in [6.07, 6.45) is -1.54. The third kappa shape index (κ3) is 1.51. The van der Waals surface area contributed by atoms with Crippen LogP contribution in [0.1, 0.15) is 17.7 Å². The number of hydrogen-bond acceptors (Lipinski definition) is 2. The summed E-state index contributed by atoms with van der Waals surface area (Å²) in [6.45, 7) is 0. The minimum Gasteiger partial charge on any atom is -0.244 e. The number of hydrogen-bond donors (Lipinski definition) is 0. The first-order valence-corrected chi connectivity index (χ1v) is 3.37. The van der Waals surface area contributed by atoms with Crippen LogP contribution in [0, 0.1) is 11.3 Å². The van der Waals surface area contributed by atoms with Crippen LogP contribution in [0.2, 0.25) is 5.02 Å². The number of aromatic nitrogens is 1. The smallest absolute Gasteiger partial charge is 0.244 e. The van der Waals surface area contributed by atoms with Crippen molar-refractivity contribution in [3.63, 3.8) is 0 Å². The van der Waals surface area contributed by atoms with Crippen LogP contribution in [0.25, 0.3) is 0 Å². The Hall–Kier alpha value is -1.21. The van der Waals surface area contributed by atoms with Crippen LogP contribution in [-0.2, 0) is 0 Å². The van der Waals surface area contributed by atoms with Crippen molar-refractivity contribution in [2.75, 3.05) is 0 Å². The van der Waals surface area contributed by atoms with Gasteiger partial charge in [0.25, 0.3) is 6.43 Å². The highest BCUT2D eigenvalue weighted by Crippen LogP contribution is 2.27.